The molecule has 2 heterocycles. The highest BCUT2D eigenvalue weighted by molar-refractivity contribution is 5.99. The quantitative estimate of drug-likeness (QED) is 0.734. The van der Waals surface area contributed by atoms with Crippen molar-refractivity contribution >= 4 is 11.7 Å². The molecule has 0 fully saturated rings. The molecule has 0 aromatic carbocycles. The molecule has 0 radical (unpaired) electrons. The Hall–Kier alpha value is -1.77. The molecular weight excluding hydrogens is 277 g/mol. The number of carbonyl (C=O) groups excluding carboxylic acids is 1. The van der Waals surface area contributed by atoms with Crippen LogP contribution in [0.2, 0.25) is 0 Å². The van der Waals surface area contributed by atoms with Crippen LogP contribution in [-0.4, -0.2) is 33.9 Å². The van der Waals surface area contributed by atoms with Crippen LogP contribution in [0.4, 0.5) is 19.0 Å². The minimum Gasteiger partial charge on any atom is -0.356 e. The number of anilines is 1. The largest absolute Gasteiger partial charge is 0.449 e. The molecule has 112 valence electrons. The molecule has 0 saturated carbocycles. The van der Waals surface area contributed by atoms with Crippen LogP contribution in [0.15, 0.2) is 0 Å². The van der Waals surface area contributed by atoms with E-state index in [2.05, 4.69) is 10.3 Å². The molecule has 1 aliphatic rings. The number of H-pyrrole nitrogens is 1. The van der Waals surface area contributed by atoms with Crippen molar-refractivity contribution in [3.63, 3.8) is 0 Å². The van der Waals surface area contributed by atoms with Crippen molar-refractivity contribution in [1.82, 2.24) is 15.3 Å². The van der Waals surface area contributed by atoms with Gasteiger partial charge in [-0.25, -0.2) is 4.98 Å². The maximum atomic E-state index is 12.6. The first-order valence-electron chi connectivity index (χ1n) is 6.27. The zero-order valence-electron chi connectivity index (χ0n) is 10.8. The van der Waals surface area contributed by atoms with Crippen molar-refractivity contribution in [2.45, 2.75) is 38.7 Å². The third-order valence-corrected chi connectivity index (χ3v) is 3.01. The summed E-state index contributed by atoms with van der Waals surface area (Å²) in [7, 11) is 0. The monoisotopic (exact) mass is 292 g/mol. The van der Waals surface area contributed by atoms with Gasteiger partial charge in [0.25, 0.3) is 5.91 Å². The number of fused-ring (bicyclic) bond motifs is 1. The van der Waals surface area contributed by atoms with E-state index in [4.69, 9.17) is 0 Å². The molecular formula is C11H15F3N4O2. The van der Waals surface area contributed by atoms with Crippen molar-refractivity contribution < 1.29 is 23.1 Å². The Balaban J connectivity index is 2.30. The molecule has 0 bridgehead atoms. The van der Waals surface area contributed by atoms with Crippen LogP contribution in [0, 0.1) is 0 Å². The normalized spacial score (nSPS) is 18.9. The number of nitrogens with one attached hydrogen (secondary N) is 2. The number of hydrogen-bond donors (Lipinski definition) is 3. The summed E-state index contributed by atoms with van der Waals surface area (Å²) in [5.74, 6) is -2.21. The molecule has 20 heavy (non-hydrogen) atoms. The van der Waals surface area contributed by atoms with E-state index in [9.17, 15) is 23.1 Å². The predicted octanol–water partition coefficient (Wildman–Crippen LogP) is 1.44. The number of aromatic amines is 1. The Morgan fingerprint density at radius 1 is 1.40 bits per heavy atom. The molecule has 0 aliphatic carbocycles. The van der Waals surface area contributed by atoms with E-state index >= 15 is 0 Å². The predicted molar refractivity (Wildman–Crippen MR) is 63.9 cm³/mol. The summed E-state index contributed by atoms with van der Waals surface area (Å²) in [6, 6.07) is 0. The Bertz CT molecular complexity index is 500. The van der Waals surface area contributed by atoms with Crippen LogP contribution in [-0.2, 0) is 6.18 Å². The van der Waals surface area contributed by atoms with Crippen LogP contribution in [0.5, 0.6) is 0 Å². The Morgan fingerprint density at radius 2 is 2.10 bits per heavy atom. The van der Waals surface area contributed by atoms with Gasteiger partial charge in [0.1, 0.15) is 5.69 Å². The fourth-order valence-electron chi connectivity index (χ4n) is 2.01. The summed E-state index contributed by atoms with van der Waals surface area (Å²) in [4.78, 5) is 18.2. The summed E-state index contributed by atoms with van der Waals surface area (Å²) in [5, 5.41) is 11.9. The summed E-state index contributed by atoms with van der Waals surface area (Å²) < 4.78 is 37.9. The SMILES string of the molecule is CCCCCN1c2nc(C(F)(F)F)[nH]c2C(=O)NC1O. The molecule has 0 spiro atoms. The van der Waals surface area contributed by atoms with Crippen LogP contribution >= 0.6 is 0 Å². The fraction of sp³-hybridized carbons (Fsp3) is 0.636. The van der Waals surface area contributed by atoms with Gasteiger partial charge in [-0.2, -0.15) is 13.2 Å². The summed E-state index contributed by atoms with van der Waals surface area (Å²) in [5.41, 5.74) is -0.279. The lowest BCUT2D eigenvalue weighted by Gasteiger charge is -2.32. The second-order valence-corrected chi connectivity index (χ2v) is 4.53. The molecule has 1 unspecified atom stereocenters. The number of halogens is 3. The molecule has 1 aromatic rings. The van der Waals surface area contributed by atoms with Gasteiger partial charge >= 0.3 is 6.18 Å². The molecule has 1 aliphatic heterocycles. The standard InChI is InChI=1S/C11H15F3N4O2/c1-2-3-4-5-18-7-6(8(19)17-10(18)20)15-9(16-7)11(12,13)14/h10,20H,2-5H2,1H3,(H,15,16)(H,17,19). The first kappa shape index (κ1) is 14.6. The van der Waals surface area contributed by atoms with Crippen molar-refractivity contribution in [2.24, 2.45) is 0 Å². The van der Waals surface area contributed by atoms with Crippen molar-refractivity contribution in [3.05, 3.63) is 11.5 Å². The van der Waals surface area contributed by atoms with E-state index in [0.717, 1.165) is 12.8 Å². The third kappa shape index (κ3) is 2.72. The van der Waals surface area contributed by atoms with Gasteiger partial charge in [0.2, 0.25) is 12.2 Å². The van der Waals surface area contributed by atoms with Gasteiger partial charge in [-0.15, -0.1) is 0 Å². The van der Waals surface area contributed by atoms with E-state index in [0.29, 0.717) is 13.0 Å². The number of aliphatic hydroxyl groups is 1. The number of rotatable bonds is 4. The number of alkyl halides is 3. The van der Waals surface area contributed by atoms with Gasteiger partial charge in [-0.05, 0) is 6.42 Å². The van der Waals surface area contributed by atoms with Crippen molar-refractivity contribution in [3.8, 4) is 0 Å². The minimum absolute atomic E-state index is 0.162. The first-order chi connectivity index (χ1) is 9.34. The lowest BCUT2D eigenvalue weighted by Crippen LogP contribution is -2.53. The average Bonchev–Trinajstić information content (AvgIpc) is 2.78. The number of aliphatic hydroxyl groups excluding tert-OH is 1. The fourth-order valence-corrected chi connectivity index (χ4v) is 2.01. The number of amides is 1. The topological polar surface area (TPSA) is 81.2 Å². The highest BCUT2D eigenvalue weighted by atomic mass is 19.4. The summed E-state index contributed by atoms with van der Waals surface area (Å²) in [6.45, 7) is 2.29. The van der Waals surface area contributed by atoms with Crippen LogP contribution < -0.4 is 10.2 Å². The van der Waals surface area contributed by atoms with E-state index in [1.165, 1.54) is 4.90 Å². The van der Waals surface area contributed by atoms with Crippen molar-refractivity contribution in [2.75, 3.05) is 11.4 Å². The van der Waals surface area contributed by atoms with Gasteiger partial charge in [-0.3, -0.25) is 4.79 Å². The minimum atomic E-state index is -4.67. The molecule has 1 atom stereocenters. The van der Waals surface area contributed by atoms with Crippen LogP contribution in [0.3, 0.4) is 0 Å². The number of nitrogens with zero attached hydrogens (tertiary/aromatic N) is 2. The molecule has 9 heteroatoms. The number of hydrogen-bond acceptors (Lipinski definition) is 4. The van der Waals surface area contributed by atoms with E-state index in [-0.39, 0.29) is 11.5 Å². The van der Waals surface area contributed by atoms with Gasteiger partial charge in [0.05, 0.1) is 0 Å². The Kier molecular flexibility index (Phi) is 3.89. The Labute approximate surface area is 113 Å². The van der Waals surface area contributed by atoms with Gasteiger partial charge in [-0.1, -0.05) is 19.8 Å². The van der Waals surface area contributed by atoms with Crippen molar-refractivity contribution in [1.29, 1.82) is 0 Å². The number of aromatic nitrogens is 2. The highest BCUT2D eigenvalue weighted by Gasteiger charge is 2.40. The zero-order chi connectivity index (χ0) is 14.9. The molecule has 0 saturated heterocycles. The van der Waals surface area contributed by atoms with E-state index in [1.54, 1.807) is 0 Å². The molecule has 6 nitrogen and oxygen atoms in total. The highest BCUT2D eigenvalue weighted by Crippen LogP contribution is 2.32. The molecule has 2 rings (SSSR count). The maximum absolute atomic E-state index is 12.6. The lowest BCUT2D eigenvalue weighted by atomic mass is 10.2. The number of carbonyl (C=O) groups is 1. The van der Waals surface area contributed by atoms with Gasteiger partial charge in [0, 0.05) is 6.54 Å². The van der Waals surface area contributed by atoms with Gasteiger partial charge in [0.15, 0.2) is 5.82 Å². The van der Waals surface area contributed by atoms with E-state index < -0.39 is 24.3 Å². The zero-order valence-corrected chi connectivity index (χ0v) is 10.8. The van der Waals surface area contributed by atoms with E-state index in [1.807, 2.05) is 11.9 Å². The number of unbranched alkanes of at least 4 members (excludes halogenated alkanes) is 2. The smallest absolute Gasteiger partial charge is 0.356 e. The third-order valence-electron chi connectivity index (χ3n) is 3.01. The average molecular weight is 292 g/mol. The summed E-state index contributed by atoms with van der Waals surface area (Å²) in [6.07, 6.45) is -3.56. The maximum Gasteiger partial charge on any atom is 0.449 e. The Morgan fingerprint density at radius 3 is 2.70 bits per heavy atom. The van der Waals surface area contributed by atoms with Crippen LogP contribution in [0.1, 0.15) is 42.5 Å². The molecule has 1 aromatic heterocycles. The van der Waals surface area contributed by atoms with Gasteiger partial charge < -0.3 is 20.3 Å². The number of imidazole rings is 1. The lowest BCUT2D eigenvalue weighted by molar-refractivity contribution is -0.144. The second kappa shape index (κ2) is 5.31. The summed E-state index contributed by atoms with van der Waals surface area (Å²) >= 11 is 0. The molecule has 3 N–H and O–H groups in total. The second-order valence-electron chi connectivity index (χ2n) is 4.53. The first-order valence-corrected chi connectivity index (χ1v) is 6.27. The molecule has 1 amide bonds. The van der Waals surface area contributed by atoms with Crippen LogP contribution in [0.25, 0.3) is 0 Å².